The van der Waals surface area contributed by atoms with Crippen molar-refractivity contribution in [3.63, 3.8) is 0 Å². The standard InChI is InChI=1S/C16H20N2O2/c1-4-10-18-16(19)11(2)20-15-7-5-6-12-13(15)8-9-14(12)17-3/h1,5-7,11,14,17H,8-10H2,2-3H3,(H,18,19). The summed E-state index contributed by atoms with van der Waals surface area (Å²) in [6, 6.07) is 6.37. The van der Waals surface area contributed by atoms with Gasteiger partial charge in [-0.1, -0.05) is 18.1 Å². The third-order valence-electron chi connectivity index (χ3n) is 3.61. The van der Waals surface area contributed by atoms with Gasteiger partial charge in [-0.25, -0.2) is 0 Å². The van der Waals surface area contributed by atoms with Gasteiger partial charge in [0.25, 0.3) is 5.91 Å². The molecule has 1 aromatic rings. The smallest absolute Gasteiger partial charge is 0.261 e. The Morgan fingerprint density at radius 3 is 3.10 bits per heavy atom. The number of ether oxygens (including phenoxy) is 1. The molecule has 4 heteroatoms. The zero-order chi connectivity index (χ0) is 14.5. The molecule has 0 bridgehead atoms. The van der Waals surface area contributed by atoms with Crippen molar-refractivity contribution in [3.05, 3.63) is 29.3 Å². The fraction of sp³-hybridized carbons (Fsp3) is 0.438. The lowest BCUT2D eigenvalue weighted by Crippen LogP contribution is -2.36. The van der Waals surface area contributed by atoms with E-state index in [1.54, 1.807) is 6.92 Å². The molecule has 0 saturated carbocycles. The molecular formula is C16H20N2O2. The molecule has 0 aromatic heterocycles. The van der Waals surface area contributed by atoms with Crippen LogP contribution in [0, 0.1) is 12.3 Å². The van der Waals surface area contributed by atoms with Crippen LogP contribution < -0.4 is 15.4 Å². The summed E-state index contributed by atoms with van der Waals surface area (Å²) in [6.45, 7) is 1.96. The summed E-state index contributed by atoms with van der Waals surface area (Å²) in [5.41, 5.74) is 2.46. The number of nitrogens with one attached hydrogen (secondary N) is 2. The lowest BCUT2D eigenvalue weighted by molar-refractivity contribution is -0.127. The summed E-state index contributed by atoms with van der Waals surface area (Å²) in [5.74, 6) is 2.98. The van der Waals surface area contributed by atoms with Crippen molar-refractivity contribution in [2.45, 2.75) is 31.9 Å². The van der Waals surface area contributed by atoms with E-state index < -0.39 is 6.10 Å². The van der Waals surface area contributed by atoms with Gasteiger partial charge in [-0.15, -0.1) is 6.42 Å². The van der Waals surface area contributed by atoms with E-state index in [-0.39, 0.29) is 12.5 Å². The first-order valence-corrected chi connectivity index (χ1v) is 6.84. The Kier molecular flexibility index (Phi) is 4.65. The number of fused-ring (bicyclic) bond motifs is 1. The highest BCUT2D eigenvalue weighted by Crippen LogP contribution is 2.36. The molecule has 0 saturated heterocycles. The number of amides is 1. The second-order valence-electron chi connectivity index (χ2n) is 4.89. The summed E-state index contributed by atoms with van der Waals surface area (Å²) in [5, 5.41) is 5.92. The number of hydrogen-bond acceptors (Lipinski definition) is 3. The van der Waals surface area contributed by atoms with Crippen molar-refractivity contribution >= 4 is 5.91 Å². The van der Waals surface area contributed by atoms with Crippen LogP contribution in [0.1, 0.15) is 30.5 Å². The number of carbonyl (C=O) groups is 1. The normalized spacial score (nSPS) is 17.9. The summed E-state index contributed by atoms with van der Waals surface area (Å²) in [6.07, 6.45) is 6.60. The molecule has 1 aliphatic rings. The molecular weight excluding hydrogens is 252 g/mol. The molecule has 0 radical (unpaired) electrons. The van der Waals surface area contributed by atoms with Crippen LogP contribution in [0.5, 0.6) is 5.75 Å². The van der Waals surface area contributed by atoms with Gasteiger partial charge in [0.1, 0.15) is 5.75 Å². The van der Waals surface area contributed by atoms with Gasteiger partial charge in [-0.3, -0.25) is 4.79 Å². The van der Waals surface area contributed by atoms with E-state index in [0.29, 0.717) is 6.04 Å². The van der Waals surface area contributed by atoms with E-state index in [4.69, 9.17) is 11.2 Å². The Hall–Kier alpha value is -1.99. The number of benzene rings is 1. The molecule has 0 spiro atoms. The molecule has 0 fully saturated rings. The Morgan fingerprint density at radius 1 is 1.60 bits per heavy atom. The van der Waals surface area contributed by atoms with Crippen LogP contribution >= 0.6 is 0 Å². The number of terminal acetylenes is 1. The SMILES string of the molecule is C#CCNC(=O)C(C)Oc1cccc2c1CCC2NC. The first-order valence-electron chi connectivity index (χ1n) is 6.84. The van der Waals surface area contributed by atoms with Crippen LogP contribution in [-0.4, -0.2) is 25.6 Å². The van der Waals surface area contributed by atoms with Crippen LogP contribution in [0.3, 0.4) is 0 Å². The zero-order valence-electron chi connectivity index (χ0n) is 11.9. The second kappa shape index (κ2) is 6.44. The van der Waals surface area contributed by atoms with Crippen LogP contribution in [0.15, 0.2) is 18.2 Å². The molecule has 2 atom stereocenters. The topological polar surface area (TPSA) is 50.4 Å². The molecule has 2 rings (SSSR count). The molecule has 4 nitrogen and oxygen atoms in total. The maximum absolute atomic E-state index is 11.8. The summed E-state index contributed by atoms with van der Waals surface area (Å²) < 4.78 is 5.80. The molecule has 20 heavy (non-hydrogen) atoms. The van der Waals surface area contributed by atoms with Gasteiger partial charge in [0, 0.05) is 6.04 Å². The Morgan fingerprint density at radius 2 is 2.40 bits per heavy atom. The number of hydrogen-bond donors (Lipinski definition) is 2. The van der Waals surface area contributed by atoms with Crippen molar-refractivity contribution in [1.29, 1.82) is 0 Å². The van der Waals surface area contributed by atoms with Gasteiger partial charge >= 0.3 is 0 Å². The minimum absolute atomic E-state index is 0.191. The maximum atomic E-state index is 11.8. The molecule has 2 unspecified atom stereocenters. The van der Waals surface area contributed by atoms with E-state index in [1.165, 1.54) is 11.1 Å². The minimum atomic E-state index is -0.552. The van der Waals surface area contributed by atoms with Crippen LogP contribution in [0.25, 0.3) is 0 Å². The fourth-order valence-electron chi connectivity index (χ4n) is 2.56. The third-order valence-corrected chi connectivity index (χ3v) is 3.61. The van der Waals surface area contributed by atoms with Crippen LogP contribution in [0.4, 0.5) is 0 Å². The molecule has 0 heterocycles. The lowest BCUT2D eigenvalue weighted by Gasteiger charge is -2.17. The monoisotopic (exact) mass is 272 g/mol. The van der Waals surface area contributed by atoms with Gasteiger partial charge in [-0.05, 0) is 44.0 Å². The third kappa shape index (κ3) is 2.94. The quantitative estimate of drug-likeness (QED) is 0.797. The predicted octanol–water partition coefficient (Wildman–Crippen LogP) is 1.41. The minimum Gasteiger partial charge on any atom is -0.481 e. The average molecular weight is 272 g/mol. The maximum Gasteiger partial charge on any atom is 0.261 e. The highest BCUT2D eigenvalue weighted by Gasteiger charge is 2.25. The molecule has 106 valence electrons. The highest BCUT2D eigenvalue weighted by atomic mass is 16.5. The van der Waals surface area contributed by atoms with Crippen molar-refractivity contribution in [2.75, 3.05) is 13.6 Å². The highest BCUT2D eigenvalue weighted by molar-refractivity contribution is 5.81. The molecule has 1 aromatic carbocycles. The van der Waals surface area contributed by atoms with Crippen molar-refractivity contribution in [2.24, 2.45) is 0 Å². The van der Waals surface area contributed by atoms with Crippen molar-refractivity contribution in [3.8, 4) is 18.1 Å². The van der Waals surface area contributed by atoms with Gasteiger partial charge in [0.2, 0.25) is 0 Å². The largest absolute Gasteiger partial charge is 0.481 e. The second-order valence-corrected chi connectivity index (χ2v) is 4.89. The predicted molar refractivity (Wildman–Crippen MR) is 78.5 cm³/mol. The first-order chi connectivity index (χ1) is 9.67. The van der Waals surface area contributed by atoms with E-state index in [1.807, 2.05) is 19.2 Å². The van der Waals surface area contributed by atoms with Crippen LogP contribution in [0.2, 0.25) is 0 Å². The fourth-order valence-corrected chi connectivity index (χ4v) is 2.56. The lowest BCUT2D eigenvalue weighted by atomic mass is 10.1. The summed E-state index contributed by atoms with van der Waals surface area (Å²) in [4.78, 5) is 11.8. The number of rotatable bonds is 5. The van der Waals surface area contributed by atoms with Crippen molar-refractivity contribution < 1.29 is 9.53 Å². The number of carbonyl (C=O) groups excluding carboxylic acids is 1. The van der Waals surface area contributed by atoms with Crippen LogP contribution in [-0.2, 0) is 11.2 Å². The van der Waals surface area contributed by atoms with Crippen molar-refractivity contribution in [1.82, 2.24) is 10.6 Å². The molecule has 0 aliphatic heterocycles. The molecule has 2 N–H and O–H groups in total. The first kappa shape index (κ1) is 14.4. The van der Waals surface area contributed by atoms with Gasteiger partial charge in [0.15, 0.2) is 6.10 Å². The van der Waals surface area contributed by atoms with Gasteiger partial charge < -0.3 is 15.4 Å². The van der Waals surface area contributed by atoms with Gasteiger partial charge in [-0.2, -0.15) is 0 Å². The zero-order valence-corrected chi connectivity index (χ0v) is 11.9. The van der Waals surface area contributed by atoms with E-state index in [2.05, 4.69) is 22.6 Å². The molecule has 1 amide bonds. The Bertz CT molecular complexity index is 534. The van der Waals surface area contributed by atoms with E-state index >= 15 is 0 Å². The Balaban J connectivity index is 2.10. The van der Waals surface area contributed by atoms with E-state index in [9.17, 15) is 4.79 Å². The average Bonchev–Trinajstić information content (AvgIpc) is 2.88. The summed E-state index contributed by atoms with van der Waals surface area (Å²) >= 11 is 0. The molecule has 1 aliphatic carbocycles. The van der Waals surface area contributed by atoms with Gasteiger partial charge in [0.05, 0.1) is 6.54 Å². The Labute approximate surface area is 119 Å². The summed E-state index contributed by atoms with van der Waals surface area (Å²) in [7, 11) is 1.96. The van der Waals surface area contributed by atoms with E-state index in [0.717, 1.165) is 18.6 Å².